The van der Waals surface area contributed by atoms with Gasteiger partial charge in [0.15, 0.2) is 0 Å². The molecule has 4 heteroatoms. The quantitative estimate of drug-likeness (QED) is 0.858. The highest BCUT2D eigenvalue weighted by Gasteiger charge is 2.26. The number of hydrogen-bond acceptors (Lipinski definition) is 4. The predicted octanol–water partition coefficient (Wildman–Crippen LogP) is 2.39. The lowest BCUT2D eigenvalue weighted by molar-refractivity contribution is -0.0611. The van der Waals surface area contributed by atoms with Crippen molar-refractivity contribution in [3.05, 3.63) is 23.7 Å². The number of morpholine rings is 1. The van der Waals surface area contributed by atoms with Gasteiger partial charge in [-0.1, -0.05) is 13.8 Å². The van der Waals surface area contributed by atoms with E-state index in [0.717, 1.165) is 50.7 Å². The van der Waals surface area contributed by atoms with E-state index < -0.39 is 0 Å². The zero-order valence-corrected chi connectivity index (χ0v) is 12.3. The van der Waals surface area contributed by atoms with Crippen LogP contribution in [0.3, 0.4) is 0 Å². The molecule has 4 nitrogen and oxygen atoms in total. The van der Waals surface area contributed by atoms with E-state index in [9.17, 15) is 0 Å². The van der Waals surface area contributed by atoms with Crippen molar-refractivity contribution in [3.63, 3.8) is 0 Å². The highest BCUT2D eigenvalue weighted by atomic mass is 16.5. The Hall–Kier alpha value is -0.840. The molecule has 1 saturated heterocycles. The van der Waals surface area contributed by atoms with E-state index in [4.69, 9.17) is 9.15 Å². The highest BCUT2D eigenvalue weighted by molar-refractivity contribution is 5.07. The SMILES string of the molecule is CCNCc1ccc(CN2CC(C)OCC2CC)o1. The topological polar surface area (TPSA) is 37.6 Å². The van der Waals surface area contributed by atoms with Crippen LogP contribution in [0.2, 0.25) is 0 Å². The van der Waals surface area contributed by atoms with Gasteiger partial charge in [-0.15, -0.1) is 0 Å². The van der Waals surface area contributed by atoms with Crippen molar-refractivity contribution < 1.29 is 9.15 Å². The molecule has 0 bridgehead atoms. The molecule has 0 saturated carbocycles. The van der Waals surface area contributed by atoms with E-state index in [1.54, 1.807) is 0 Å². The summed E-state index contributed by atoms with van der Waals surface area (Å²) in [4.78, 5) is 2.48. The Balaban J connectivity index is 1.92. The zero-order valence-electron chi connectivity index (χ0n) is 12.3. The van der Waals surface area contributed by atoms with Gasteiger partial charge in [-0.2, -0.15) is 0 Å². The number of ether oxygens (including phenoxy) is 1. The smallest absolute Gasteiger partial charge is 0.118 e. The maximum Gasteiger partial charge on any atom is 0.118 e. The fourth-order valence-corrected chi connectivity index (χ4v) is 2.53. The third-order valence-electron chi connectivity index (χ3n) is 3.68. The first-order valence-electron chi connectivity index (χ1n) is 7.36. The molecular weight excluding hydrogens is 240 g/mol. The Morgan fingerprint density at radius 1 is 1.32 bits per heavy atom. The van der Waals surface area contributed by atoms with E-state index >= 15 is 0 Å². The van der Waals surface area contributed by atoms with E-state index in [1.165, 1.54) is 0 Å². The lowest BCUT2D eigenvalue weighted by Crippen LogP contribution is -2.47. The number of nitrogens with zero attached hydrogens (tertiary/aromatic N) is 1. The monoisotopic (exact) mass is 266 g/mol. The Morgan fingerprint density at radius 2 is 2.11 bits per heavy atom. The summed E-state index contributed by atoms with van der Waals surface area (Å²) in [5.41, 5.74) is 0. The minimum absolute atomic E-state index is 0.319. The molecule has 0 aliphatic carbocycles. The van der Waals surface area contributed by atoms with Gasteiger partial charge < -0.3 is 14.5 Å². The average molecular weight is 266 g/mol. The van der Waals surface area contributed by atoms with Gasteiger partial charge in [0.1, 0.15) is 11.5 Å². The van der Waals surface area contributed by atoms with Gasteiger partial charge in [0.05, 0.1) is 25.8 Å². The average Bonchev–Trinajstić information content (AvgIpc) is 2.84. The van der Waals surface area contributed by atoms with E-state index in [-0.39, 0.29) is 0 Å². The molecule has 0 aromatic carbocycles. The molecule has 0 amide bonds. The first kappa shape index (κ1) is 14.6. The van der Waals surface area contributed by atoms with Crippen molar-refractivity contribution in [2.45, 2.75) is 52.4 Å². The van der Waals surface area contributed by atoms with Gasteiger partial charge in [0.25, 0.3) is 0 Å². The minimum atomic E-state index is 0.319. The molecule has 0 radical (unpaired) electrons. The first-order chi connectivity index (χ1) is 9.22. The number of rotatable bonds is 6. The molecular formula is C15H26N2O2. The van der Waals surface area contributed by atoms with Crippen LogP contribution in [0.1, 0.15) is 38.7 Å². The van der Waals surface area contributed by atoms with Gasteiger partial charge in [0, 0.05) is 12.6 Å². The fourth-order valence-electron chi connectivity index (χ4n) is 2.53. The van der Waals surface area contributed by atoms with Crippen LogP contribution in [0.15, 0.2) is 16.5 Å². The minimum Gasteiger partial charge on any atom is -0.463 e. The molecule has 2 rings (SSSR count). The predicted molar refractivity (Wildman–Crippen MR) is 76.0 cm³/mol. The van der Waals surface area contributed by atoms with E-state index in [2.05, 4.69) is 43.1 Å². The van der Waals surface area contributed by atoms with Crippen LogP contribution in [0.4, 0.5) is 0 Å². The molecule has 0 spiro atoms. The van der Waals surface area contributed by atoms with Crippen LogP contribution < -0.4 is 5.32 Å². The van der Waals surface area contributed by atoms with Gasteiger partial charge in [-0.05, 0) is 32.0 Å². The van der Waals surface area contributed by atoms with Crippen molar-refractivity contribution >= 4 is 0 Å². The van der Waals surface area contributed by atoms with Gasteiger partial charge in [0.2, 0.25) is 0 Å². The summed E-state index contributed by atoms with van der Waals surface area (Å²) in [7, 11) is 0. The Morgan fingerprint density at radius 3 is 2.84 bits per heavy atom. The van der Waals surface area contributed by atoms with Crippen LogP contribution in [-0.4, -0.2) is 36.7 Å². The maximum absolute atomic E-state index is 5.87. The summed E-state index contributed by atoms with van der Waals surface area (Å²) < 4.78 is 11.6. The Kier molecular flexibility index (Phi) is 5.43. The van der Waals surface area contributed by atoms with E-state index in [1.807, 2.05) is 0 Å². The number of hydrogen-bond donors (Lipinski definition) is 1. The Labute approximate surface area is 116 Å². The van der Waals surface area contributed by atoms with Gasteiger partial charge in [-0.25, -0.2) is 0 Å². The standard InChI is InChI=1S/C15H26N2O2/c1-4-13-11-18-12(3)9-17(13)10-15-7-6-14(19-15)8-16-5-2/h6-7,12-13,16H,4-5,8-11H2,1-3H3. The fraction of sp³-hybridized carbons (Fsp3) is 0.733. The summed E-state index contributed by atoms with van der Waals surface area (Å²) in [6, 6.07) is 4.68. The molecule has 1 aliphatic heterocycles. The molecule has 2 atom stereocenters. The molecule has 1 fully saturated rings. The van der Waals surface area contributed by atoms with Gasteiger partial charge >= 0.3 is 0 Å². The normalized spacial score (nSPS) is 24.8. The van der Waals surface area contributed by atoms with Crippen LogP contribution in [0, 0.1) is 0 Å². The number of furan rings is 1. The molecule has 1 aromatic heterocycles. The summed E-state index contributed by atoms with van der Waals surface area (Å²) in [6.07, 6.45) is 1.44. The van der Waals surface area contributed by atoms with Crippen LogP contribution in [0.25, 0.3) is 0 Å². The second-order valence-electron chi connectivity index (χ2n) is 5.28. The highest BCUT2D eigenvalue weighted by Crippen LogP contribution is 2.19. The van der Waals surface area contributed by atoms with Gasteiger partial charge in [-0.3, -0.25) is 4.90 Å². The second kappa shape index (κ2) is 7.08. The molecule has 2 heterocycles. The molecule has 1 aromatic rings. The first-order valence-corrected chi connectivity index (χ1v) is 7.36. The lowest BCUT2D eigenvalue weighted by Gasteiger charge is -2.37. The van der Waals surface area contributed by atoms with Crippen LogP contribution >= 0.6 is 0 Å². The second-order valence-corrected chi connectivity index (χ2v) is 5.28. The molecule has 1 N–H and O–H groups in total. The van der Waals surface area contributed by atoms with Crippen molar-refractivity contribution in [1.82, 2.24) is 10.2 Å². The van der Waals surface area contributed by atoms with Crippen molar-refractivity contribution in [1.29, 1.82) is 0 Å². The summed E-state index contributed by atoms with van der Waals surface area (Å²) >= 11 is 0. The van der Waals surface area contributed by atoms with Crippen LogP contribution in [-0.2, 0) is 17.8 Å². The summed E-state index contributed by atoms with van der Waals surface area (Å²) in [6.45, 7) is 10.9. The van der Waals surface area contributed by atoms with Crippen molar-refractivity contribution in [2.75, 3.05) is 19.7 Å². The van der Waals surface area contributed by atoms with Crippen LogP contribution in [0.5, 0.6) is 0 Å². The lowest BCUT2D eigenvalue weighted by atomic mass is 10.1. The number of nitrogens with one attached hydrogen (secondary N) is 1. The van der Waals surface area contributed by atoms with Crippen molar-refractivity contribution in [3.8, 4) is 0 Å². The third kappa shape index (κ3) is 4.06. The third-order valence-corrected chi connectivity index (χ3v) is 3.68. The summed E-state index contributed by atoms with van der Waals surface area (Å²) in [5.74, 6) is 2.08. The Bertz CT molecular complexity index is 378. The molecule has 1 aliphatic rings. The largest absolute Gasteiger partial charge is 0.463 e. The molecule has 108 valence electrons. The molecule has 2 unspecified atom stereocenters. The van der Waals surface area contributed by atoms with E-state index in [0.29, 0.717) is 12.1 Å². The van der Waals surface area contributed by atoms with Crippen molar-refractivity contribution in [2.24, 2.45) is 0 Å². The molecule has 19 heavy (non-hydrogen) atoms. The zero-order chi connectivity index (χ0) is 13.7. The maximum atomic E-state index is 5.87. The summed E-state index contributed by atoms with van der Waals surface area (Å²) in [5, 5.41) is 3.28.